The molecule has 2 amide bonds. The van der Waals surface area contributed by atoms with Crippen molar-refractivity contribution < 1.29 is 14.7 Å². The molecule has 2 rings (SSSR count). The van der Waals surface area contributed by atoms with Crippen molar-refractivity contribution in [1.29, 1.82) is 0 Å². The summed E-state index contributed by atoms with van der Waals surface area (Å²) >= 11 is 1.97. The fraction of sp³-hybridized carbons (Fsp3) is 0.375. The van der Waals surface area contributed by atoms with Crippen LogP contribution in [0.4, 0.5) is 4.79 Å². The second-order valence-corrected chi connectivity index (χ2v) is 4.50. The van der Waals surface area contributed by atoms with Crippen molar-refractivity contribution >= 4 is 34.6 Å². The van der Waals surface area contributed by atoms with E-state index in [1.54, 1.807) is 10.9 Å². The second kappa shape index (κ2) is 3.47. The Bertz CT molecular complexity index is 442. The lowest BCUT2D eigenvalue weighted by atomic mass is 10.2. The SMILES string of the molecule is C[C@H]1CN(C(=O)O)C(=O)c2c(I)cnn21. The third-order valence-electron chi connectivity index (χ3n) is 2.29. The molecule has 1 aliphatic heterocycles. The van der Waals surface area contributed by atoms with Crippen LogP contribution in [0, 0.1) is 3.57 Å². The zero-order chi connectivity index (χ0) is 11.2. The van der Waals surface area contributed by atoms with E-state index in [9.17, 15) is 9.59 Å². The van der Waals surface area contributed by atoms with Crippen LogP contribution in [0.5, 0.6) is 0 Å². The van der Waals surface area contributed by atoms with Crippen LogP contribution in [-0.2, 0) is 0 Å². The van der Waals surface area contributed by atoms with E-state index in [2.05, 4.69) is 5.10 Å². The van der Waals surface area contributed by atoms with Crippen molar-refractivity contribution in [2.24, 2.45) is 0 Å². The zero-order valence-electron chi connectivity index (χ0n) is 7.85. The van der Waals surface area contributed by atoms with Crippen molar-refractivity contribution in [3.8, 4) is 0 Å². The molecular formula is C8H8IN3O3. The van der Waals surface area contributed by atoms with Crippen LogP contribution in [0.2, 0.25) is 0 Å². The average Bonchev–Trinajstić information content (AvgIpc) is 2.54. The van der Waals surface area contributed by atoms with Gasteiger partial charge in [-0.05, 0) is 29.5 Å². The zero-order valence-corrected chi connectivity index (χ0v) is 10.0. The Hall–Kier alpha value is -1.12. The fourth-order valence-corrected chi connectivity index (χ4v) is 2.20. The van der Waals surface area contributed by atoms with Gasteiger partial charge in [-0.15, -0.1) is 0 Å². The Balaban J connectivity index is 2.51. The molecule has 6 nitrogen and oxygen atoms in total. The summed E-state index contributed by atoms with van der Waals surface area (Å²) in [4.78, 5) is 23.4. The molecule has 0 unspecified atom stereocenters. The first-order valence-electron chi connectivity index (χ1n) is 4.30. The van der Waals surface area contributed by atoms with E-state index in [1.807, 2.05) is 29.5 Å². The fourth-order valence-electron chi connectivity index (χ4n) is 1.59. The van der Waals surface area contributed by atoms with Gasteiger partial charge in [-0.25, -0.2) is 9.69 Å². The average molecular weight is 321 g/mol. The van der Waals surface area contributed by atoms with Crippen molar-refractivity contribution in [3.05, 3.63) is 15.5 Å². The largest absolute Gasteiger partial charge is 0.465 e. The van der Waals surface area contributed by atoms with Gasteiger partial charge in [-0.1, -0.05) is 0 Å². The van der Waals surface area contributed by atoms with Crippen molar-refractivity contribution in [1.82, 2.24) is 14.7 Å². The molecule has 15 heavy (non-hydrogen) atoms. The maximum absolute atomic E-state index is 11.8. The first kappa shape index (κ1) is 10.4. The Labute approximate surface area is 99.0 Å². The monoisotopic (exact) mass is 321 g/mol. The summed E-state index contributed by atoms with van der Waals surface area (Å²) in [6.45, 7) is 1.98. The number of nitrogens with zero attached hydrogens (tertiary/aromatic N) is 3. The van der Waals surface area contributed by atoms with Crippen LogP contribution < -0.4 is 0 Å². The maximum Gasteiger partial charge on any atom is 0.414 e. The molecule has 0 saturated carbocycles. The number of hydrogen-bond acceptors (Lipinski definition) is 3. The molecule has 0 bridgehead atoms. The number of carboxylic acid groups (broad SMARTS) is 1. The first-order valence-corrected chi connectivity index (χ1v) is 5.38. The molecule has 7 heteroatoms. The van der Waals surface area contributed by atoms with Crippen LogP contribution in [0.25, 0.3) is 0 Å². The third kappa shape index (κ3) is 1.50. The lowest BCUT2D eigenvalue weighted by Crippen LogP contribution is -2.45. The summed E-state index contributed by atoms with van der Waals surface area (Å²) < 4.78 is 2.25. The molecule has 1 N–H and O–H groups in total. The molecule has 1 aromatic rings. The Morgan fingerprint density at radius 2 is 2.40 bits per heavy atom. The van der Waals surface area contributed by atoms with Gasteiger partial charge < -0.3 is 5.11 Å². The predicted molar refractivity (Wildman–Crippen MR) is 58.7 cm³/mol. The molecule has 2 heterocycles. The van der Waals surface area contributed by atoms with E-state index in [0.29, 0.717) is 9.26 Å². The molecule has 0 aliphatic carbocycles. The molecule has 1 aromatic heterocycles. The predicted octanol–water partition coefficient (Wildman–Crippen LogP) is 1.18. The van der Waals surface area contributed by atoms with Gasteiger partial charge in [0.05, 0.1) is 22.4 Å². The highest BCUT2D eigenvalue weighted by Crippen LogP contribution is 2.23. The van der Waals surface area contributed by atoms with E-state index >= 15 is 0 Å². The number of aromatic nitrogens is 2. The van der Waals surface area contributed by atoms with Gasteiger partial charge in [0.25, 0.3) is 5.91 Å². The lowest BCUT2D eigenvalue weighted by Gasteiger charge is -2.28. The molecular weight excluding hydrogens is 313 g/mol. The number of fused-ring (bicyclic) bond motifs is 1. The van der Waals surface area contributed by atoms with Gasteiger partial charge in [0.1, 0.15) is 5.69 Å². The molecule has 80 valence electrons. The summed E-state index contributed by atoms with van der Waals surface area (Å²) in [6.07, 6.45) is 0.352. The van der Waals surface area contributed by atoms with Crippen molar-refractivity contribution in [2.45, 2.75) is 13.0 Å². The smallest absolute Gasteiger partial charge is 0.414 e. The van der Waals surface area contributed by atoms with Crippen molar-refractivity contribution in [2.75, 3.05) is 6.54 Å². The van der Waals surface area contributed by atoms with Gasteiger partial charge in [0.15, 0.2) is 0 Å². The summed E-state index contributed by atoms with van der Waals surface area (Å²) in [7, 11) is 0. The summed E-state index contributed by atoms with van der Waals surface area (Å²) in [5.41, 5.74) is 0.358. The third-order valence-corrected chi connectivity index (χ3v) is 3.08. The van der Waals surface area contributed by atoms with Crippen LogP contribution in [0.1, 0.15) is 23.5 Å². The molecule has 1 atom stereocenters. The summed E-state index contributed by atoms with van der Waals surface area (Å²) in [6, 6.07) is -0.114. The summed E-state index contributed by atoms with van der Waals surface area (Å²) in [5, 5.41) is 12.9. The Kier molecular flexibility index (Phi) is 2.41. The maximum atomic E-state index is 11.8. The number of imide groups is 1. The highest BCUT2D eigenvalue weighted by atomic mass is 127. The molecule has 0 spiro atoms. The molecule has 0 aromatic carbocycles. The summed E-state index contributed by atoms with van der Waals surface area (Å²) in [5.74, 6) is -0.498. The first-order chi connectivity index (χ1) is 7.02. The Morgan fingerprint density at radius 1 is 1.73 bits per heavy atom. The van der Waals surface area contributed by atoms with Gasteiger partial charge >= 0.3 is 6.09 Å². The van der Waals surface area contributed by atoms with E-state index < -0.39 is 12.0 Å². The lowest BCUT2D eigenvalue weighted by molar-refractivity contribution is 0.0655. The molecule has 0 radical (unpaired) electrons. The van der Waals surface area contributed by atoms with Gasteiger partial charge in [0, 0.05) is 0 Å². The van der Waals surface area contributed by atoms with Crippen LogP contribution in [-0.4, -0.2) is 38.3 Å². The standard InChI is InChI=1S/C8H8IN3O3/c1-4-3-11(8(14)15)7(13)6-5(9)2-10-12(4)6/h2,4H,3H2,1H3,(H,14,15)/t4-/m0/s1. The minimum atomic E-state index is -1.21. The number of halogens is 1. The highest BCUT2D eigenvalue weighted by molar-refractivity contribution is 14.1. The molecule has 0 fully saturated rings. The van der Waals surface area contributed by atoms with Crippen LogP contribution >= 0.6 is 22.6 Å². The number of amides is 2. The van der Waals surface area contributed by atoms with Gasteiger partial charge in [-0.3, -0.25) is 9.48 Å². The number of rotatable bonds is 0. The van der Waals surface area contributed by atoms with Crippen LogP contribution in [0.15, 0.2) is 6.20 Å². The van der Waals surface area contributed by atoms with E-state index in [1.165, 1.54) is 0 Å². The number of hydrogen-bond donors (Lipinski definition) is 1. The van der Waals surface area contributed by atoms with Crippen LogP contribution in [0.3, 0.4) is 0 Å². The topological polar surface area (TPSA) is 75.4 Å². The van der Waals surface area contributed by atoms with E-state index in [-0.39, 0.29) is 12.6 Å². The normalized spacial score (nSPS) is 20.3. The Morgan fingerprint density at radius 3 is 3.00 bits per heavy atom. The second-order valence-electron chi connectivity index (χ2n) is 3.33. The van der Waals surface area contributed by atoms with Gasteiger partial charge in [-0.2, -0.15) is 5.10 Å². The minimum absolute atomic E-state index is 0.114. The quantitative estimate of drug-likeness (QED) is 0.728. The van der Waals surface area contributed by atoms with Crippen molar-refractivity contribution in [3.63, 3.8) is 0 Å². The van der Waals surface area contributed by atoms with E-state index in [4.69, 9.17) is 5.11 Å². The highest BCUT2D eigenvalue weighted by Gasteiger charge is 2.35. The minimum Gasteiger partial charge on any atom is -0.465 e. The van der Waals surface area contributed by atoms with Gasteiger partial charge in [0.2, 0.25) is 0 Å². The van der Waals surface area contributed by atoms with E-state index in [0.717, 1.165) is 4.90 Å². The number of carbonyl (C=O) groups excluding carboxylic acids is 1. The number of carbonyl (C=O) groups is 2. The molecule has 1 aliphatic rings. The molecule has 0 saturated heterocycles.